The highest BCUT2D eigenvalue weighted by atomic mass is 14.7. The minimum atomic E-state index is 0.385. The van der Waals surface area contributed by atoms with Crippen molar-refractivity contribution < 1.29 is 0 Å². The summed E-state index contributed by atoms with van der Waals surface area (Å²) in [6, 6.07) is 15.0. The molecule has 136 valence electrons. The first-order chi connectivity index (χ1) is 12.4. The van der Waals surface area contributed by atoms with E-state index in [-0.39, 0.29) is 0 Å². The van der Waals surface area contributed by atoms with E-state index in [1.54, 1.807) is 6.21 Å². The number of hydrogen-bond donors (Lipinski definition) is 1. The van der Waals surface area contributed by atoms with Crippen molar-refractivity contribution in [1.29, 1.82) is 0 Å². The van der Waals surface area contributed by atoms with Crippen LogP contribution < -0.4 is 5.73 Å². The Hall–Kier alpha value is -2.61. The number of rotatable bonds is 7. The summed E-state index contributed by atoms with van der Waals surface area (Å²) in [5.74, 6) is 0.385. The fourth-order valence-electron chi connectivity index (χ4n) is 3.02. The summed E-state index contributed by atoms with van der Waals surface area (Å²) in [5.41, 5.74) is 13.5. The Morgan fingerprint density at radius 2 is 1.92 bits per heavy atom. The van der Waals surface area contributed by atoms with E-state index in [9.17, 15) is 0 Å². The van der Waals surface area contributed by atoms with Crippen LogP contribution in [0.15, 0.2) is 65.8 Å². The van der Waals surface area contributed by atoms with E-state index in [1.807, 2.05) is 13.0 Å². The van der Waals surface area contributed by atoms with Crippen LogP contribution in [0, 0.1) is 0 Å². The lowest BCUT2D eigenvalue weighted by atomic mass is 9.90. The first kappa shape index (κ1) is 19.7. The lowest BCUT2D eigenvalue weighted by Crippen LogP contribution is -1.93. The third-order valence-electron chi connectivity index (χ3n) is 4.37. The van der Waals surface area contributed by atoms with E-state index >= 15 is 0 Å². The molecule has 0 radical (unpaired) electrons. The van der Waals surface area contributed by atoms with Crippen LogP contribution in [0.2, 0.25) is 0 Å². The maximum Gasteiger partial charge on any atom is 0.0664 e. The van der Waals surface area contributed by atoms with Crippen molar-refractivity contribution in [1.82, 2.24) is 0 Å². The predicted molar refractivity (Wildman–Crippen MR) is 116 cm³/mol. The van der Waals surface area contributed by atoms with Crippen LogP contribution >= 0.6 is 0 Å². The van der Waals surface area contributed by atoms with E-state index in [2.05, 4.69) is 74.8 Å². The Morgan fingerprint density at radius 1 is 1.19 bits per heavy atom. The van der Waals surface area contributed by atoms with Gasteiger partial charge in [-0.25, -0.2) is 0 Å². The van der Waals surface area contributed by atoms with E-state index < -0.39 is 0 Å². The highest BCUT2D eigenvalue weighted by molar-refractivity contribution is 5.82. The number of benzene rings is 2. The SMILES string of the molecule is C=C(CCC)c1ccccc1-c1ccc(N=CC=C(C)N)c(C(C)C)c1. The first-order valence-corrected chi connectivity index (χ1v) is 9.32. The zero-order valence-electron chi connectivity index (χ0n) is 16.4. The van der Waals surface area contributed by atoms with Gasteiger partial charge in [-0.15, -0.1) is 0 Å². The fraction of sp³-hybridized carbons (Fsp3) is 0.292. The van der Waals surface area contributed by atoms with Crippen molar-refractivity contribution in [3.8, 4) is 11.1 Å². The molecule has 2 heteroatoms. The maximum absolute atomic E-state index is 5.69. The zero-order chi connectivity index (χ0) is 19.1. The molecule has 2 aromatic rings. The number of aliphatic imine (C=N–C) groups is 1. The molecule has 26 heavy (non-hydrogen) atoms. The molecule has 2 rings (SSSR count). The topological polar surface area (TPSA) is 38.4 Å². The van der Waals surface area contributed by atoms with Gasteiger partial charge in [0.1, 0.15) is 0 Å². The Morgan fingerprint density at radius 3 is 2.58 bits per heavy atom. The van der Waals surface area contributed by atoms with Crippen molar-refractivity contribution in [2.75, 3.05) is 0 Å². The second-order valence-corrected chi connectivity index (χ2v) is 7.02. The second kappa shape index (κ2) is 9.19. The minimum Gasteiger partial charge on any atom is -0.402 e. The second-order valence-electron chi connectivity index (χ2n) is 7.02. The summed E-state index contributed by atoms with van der Waals surface area (Å²) in [5, 5.41) is 0. The van der Waals surface area contributed by atoms with Crippen LogP contribution in [0.1, 0.15) is 57.6 Å². The van der Waals surface area contributed by atoms with Gasteiger partial charge in [0.25, 0.3) is 0 Å². The molecule has 0 spiro atoms. The molecule has 0 amide bonds. The summed E-state index contributed by atoms with van der Waals surface area (Å²) in [6.07, 6.45) is 5.71. The fourth-order valence-corrected chi connectivity index (χ4v) is 3.02. The van der Waals surface area contributed by atoms with Crippen LogP contribution in [-0.2, 0) is 0 Å². The van der Waals surface area contributed by atoms with Gasteiger partial charge < -0.3 is 5.73 Å². The van der Waals surface area contributed by atoms with Crippen LogP contribution in [0.25, 0.3) is 16.7 Å². The summed E-state index contributed by atoms with van der Waals surface area (Å²) >= 11 is 0. The highest BCUT2D eigenvalue weighted by Gasteiger charge is 2.11. The number of nitrogens with two attached hydrogens (primary N) is 1. The van der Waals surface area contributed by atoms with Gasteiger partial charge in [-0.1, -0.05) is 64.1 Å². The monoisotopic (exact) mass is 346 g/mol. The van der Waals surface area contributed by atoms with Gasteiger partial charge >= 0.3 is 0 Å². The smallest absolute Gasteiger partial charge is 0.0664 e. The summed E-state index contributed by atoms with van der Waals surface area (Å²) in [4.78, 5) is 4.59. The van der Waals surface area contributed by atoms with Gasteiger partial charge in [0.2, 0.25) is 0 Å². The first-order valence-electron chi connectivity index (χ1n) is 9.32. The molecule has 0 aliphatic carbocycles. The third kappa shape index (κ3) is 4.95. The molecule has 2 N–H and O–H groups in total. The van der Waals surface area contributed by atoms with Crippen molar-refractivity contribution >= 4 is 17.5 Å². The third-order valence-corrected chi connectivity index (χ3v) is 4.37. The molecule has 0 heterocycles. The molecule has 0 aromatic heterocycles. The van der Waals surface area contributed by atoms with Crippen LogP contribution in [0.3, 0.4) is 0 Å². The molecule has 0 aliphatic rings. The van der Waals surface area contributed by atoms with Crippen molar-refractivity contribution in [2.24, 2.45) is 10.7 Å². The Labute approximate surface area is 158 Å². The standard InChI is InChI=1S/C24H30N2/c1-6-9-18(4)21-10-7-8-11-22(21)20-12-13-24(23(16-20)17(2)3)26-15-14-19(5)25/h7-8,10-17H,4,6,9,25H2,1-3,5H3. The molecular formula is C24H30N2. The molecule has 0 aliphatic heterocycles. The van der Waals surface area contributed by atoms with Gasteiger partial charge in [-0.05, 0) is 65.3 Å². The highest BCUT2D eigenvalue weighted by Crippen LogP contribution is 2.35. The van der Waals surface area contributed by atoms with Gasteiger partial charge in [0.15, 0.2) is 0 Å². The molecule has 0 unspecified atom stereocenters. The van der Waals surface area contributed by atoms with E-state index in [4.69, 9.17) is 5.73 Å². The Bertz CT molecular complexity index is 822. The van der Waals surface area contributed by atoms with E-state index in [0.717, 1.165) is 24.2 Å². The number of allylic oxidation sites excluding steroid dienone is 3. The molecule has 0 fully saturated rings. The summed E-state index contributed by atoms with van der Waals surface area (Å²) < 4.78 is 0. The number of hydrogen-bond acceptors (Lipinski definition) is 2. The average molecular weight is 347 g/mol. The van der Waals surface area contributed by atoms with Crippen LogP contribution in [0.5, 0.6) is 0 Å². The van der Waals surface area contributed by atoms with Crippen molar-refractivity contribution in [2.45, 2.75) is 46.5 Å². The molecule has 2 aromatic carbocycles. The quantitative estimate of drug-likeness (QED) is 0.547. The normalized spacial score (nSPS) is 12.1. The lowest BCUT2D eigenvalue weighted by Gasteiger charge is -2.15. The van der Waals surface area contributed by atoms with Gasteiger partial charge in [-0.3, -0.25) is 4.99 Å². The zero-order valence-corrected chi connectivity index (χ0v) is 16.4. The van der Waals surface area contributed by atoms with E-state index in [1.165, 1.54) is 27.8 Å². The van der Waals surface area contributed by atoms with Gasteiger partial charge in [0, 0.05) is 11.9 Å². The minimum absolute atomic E-state index is 0.385. The Kier molecular flexibility index (Phi) is 6.97. The molecule has 0 bridgehead atoms. The lowest BCUT2D eigenvalue weighted by molar-refractivity contribution is 0.867. The predicted octanol–water partition coefficient (Wildman–Crippen LogP) is 6.86. The van der Waals surface area contributed by atoms with E-state index in [0.29, 0.717) is 5.92 Å². The Balaban J connectivity index is 2.50. The van der Waals surface area contributed by atoms with Gasteiger partial charge in [0.05, 0.1) is 5.69 Å². The van der Waals surface area contributed by atoms with Crippen molar-refractivity contribution in [3.63, 3.8) is 0 Å². The molecule has 0 saturated carbocycles. The van der Waals surface area contributed by atoms with Crippen LogP contribution in [0.4, 0.5) is 5.69 Å². The summed E-state index contributed by atoms with van der Waals surface area (Å²) in [7, 11) is 0. The molecular weight excluding hydrogens is 316 g/mol. The van der Waals surface area contributed by atoms with Crippen LogP contribution in [-0.4, -0.2) is 6.21 Å². The van der Waals surface area contributed by atoms with Gasteiger partial charge in [-0.2, -0.15) is 0 Å². The molecule has 2 nitrogen and oxygen atoms in total. The average Bonchev–Trinajstić information content (AvgIpc) is 2.61. The number of nitrogens with zero attached hydrogens (tertiary/aromatic N) is 1. The largest absolute Gasteiger partial charge is 0.402 e. The summed E-state index contributed by atoms with van der Waals surface area (Å²) in [6.45, 7) is 12.7. The maximum atomic E-state index is 5.69. The van der Waals surface area contributed by atoms with Crippen molar-refractivity contribution in [3.05, 3.63) is 71.9 Å². The molecule has 0 saturated heterocycles. The molecule has 0 atom stereocenters.